The topological polar surface area (TPSA) is 41.1 Å². The first kappa shape index (κ1) is 14.7. The molecule has 0 saturated carbocycles. The molecule has 0 unspecified atom stereocenters. The van der Waals surface area contributed by atoms with E-state index in [4.69, 9.17) is 4.98 Å². The van der Waals surface area contributed by atoms with Crippen molar-refractivity contribution in [3.8, 4) is 0 Å². The molecule has 0 bridgehead atoms. The Morgan fingerprint density at radius 2 is 1.83 bits per heavy atom. The molecule has 4 heteroatoms. The van der Waals surface area contributed by atoms with Gasteiger partial charge in [0.1, 0.15) is 17.5 Å². The summed E-state index contributed by atoms with van der Waals surface area (Å²) < 4.78 is 0. The minimum atomic E-state index is 0.889. The molecule has 1 aromatic heterocycles. The largest absolute Gasteiger partial charge is 0.370 e. The smallest absolute Gasteiger partial charge is 0.137 e. The highest BCUT2D eigenvalue weighted by atomic mass is 15.2. The van der Waals surface area contributed by atoms with E-state index in [-0.39, 0.29) is 0 Å². The second-order valence-electron chi connectivity index (χ2n) is 4.64. The van der Waals surface area contributed by atoms with Crippen LogP contribution < -0.4 is 10.2 Å². The predicted octanol–water partition coefficient (Wildman–Crippen LogP) is 3.02. The van der Waals surface area contributed by atoms with E-state index in [1.54, 1.807) is 0 Å². The van der Waals surface area contributed by atoms with Crippen LogP contribution in [0.1, 0.15) is 45.0 Å². The fraction of sp³-hybridized carbons (Fsp3) is 0.714. The molecular weight excluding hydrogens is 224 g/mol. The highest BCUT2D eigenvalue weighted by molar-refractivity contribution is 5.58. The number of nitrogens with zero attached hydrogens (tertiary/aromatic N) is 3. The summed E-state index contributed by atoms with van der Waals surface area (Å²) in [5.74, 6) is 2.98. The van der Waals surface area contributed by atoms with Gasteiger partial charge in [0.25, 0.3) is 0 Å². The third-order valence-corrected chi connectivity index (χ3v) is 2.90. The Hall–Kier alpha value is -1.32. The molecule has 1 aromatic rings. The standard InChI is InChI=1S/C14H26N4/c1-6-9-12-16-13(15-8-3)11(4)14(17-12)18(5)10-7-2/h6-10H2,1-5H3,(H,15,16,17). The van der Waals surface area contributed by atoms with E-state index in [1.807, 2.05) is 0 Å². The van der Waals surface area contributed by atoms with Gasteiger partial charge in [0, 0.05) is 32.1 Å². The van der Waals surface area contributed by atoms with E-state index < -0.39 is 0 Å². The fourth-order valence-corrected chi connectivity index (χ4v) is 2.04. The molecule has 1 rings (SSSR count). The summed E-state index contributed by atoms with van der Waals surface area (Å²) in [6.45, 7) is 10.4. The number of aromatic nitrogens is 2. The van der Waals surface area contributed by atoms with Crippen LogP contribution in [0.3, 0.4) is 0 Å². The zero-order valence-corrected chi connectivity index (χ0v) is 12.4. The lowest BCUT2D eigenvalue weighted by atomic mass is 10.2. The van der Waals surface area contributed by atoms with E-state index in [0.29, 0.717) is 0 Å². The van der Waals surface area contributed by atoms with Crippen molar-refractivity contribution < 1.29 is 0 Å². The van der Waals surface area contributed by atoms with Crippen molar-refractivity contribution in [3.05, 3.63) is 11.4 Å². The van der Waals surface area contributed by atoms with Gasteiger partial charge in [-0.1, -0.05) is 13.8 Å². The maximum atomic E-state index is 4.70. The Bertz CT molecular complexity index is 376. The number of aryl methyl sites for hydroxylation is 1. The fourth-order valence-electron chi connectivity index (χ4n) is 2.04. The van der Waals surface area contributed by atoms with Crippen molar-refractivity contribution >= 4 is 11.6 Å². The van der Waals surface area contributed by atoms with Crippen molar-refractivity contribution in [3.63, 3.8) is 0 Å². The maximum Gasteiger partial charge on any atom is 0.137 e. The number of anilines is 2. The van der Waals surface area contributed by atoms with Crippen LogP contribution in [0.5, 0.6) is 0 Å². The molecule has 0 fully saturated rings. The van der Waals surface area contributed by atoms with Gasteiger partial charge < -0.3 is 10.2 Å². The van der Waals surface area contributed by atoms with Gasteiger partial charge in [-0.3, -0.25) is 0 Å². The molecule has 0 aliphatic carbocycles. The van der Waals surface area contributed by atoms with Crippen molar-refractivity contribution in [1.82, 2.24) is 9.97 Å². The van der Waals surface area contributed by atoms with Crippen LogP contribution in [-0.4, -0.2) is 30.1 Å². The van der Waals surface area contributed by atoms with Gasteiger partial charge in [-0.15, -0.1) is 0 Å². The van der Waals surface area contributed by atoms with Crippen LogP contribution in [0.2, 0.25) is 0 Å². The lowest BCUT2D eigenvalue weighted by molar-refractivity contribution is 0.792. The molecule has 0 atom stereocenters. The summed E-state index contributed by atoms with van der Waals surface area (Å²) in [5, 5.41) is 3.33. The van der Waals surface area contributed by atoms with Crippen molar-refractivity contribution in [2.45, 2.75) is 47.0 Å². The summed E-state index contributed by atoms with van der Waals surface area (Å²) in [7, 11) is 2.10. The second kappa shape index (κ2) is 7.19. The highest BCUT2D eigenvalue weighted by Gasteiger charge is 2.13. The molecule has 0 saturated heterocycles. The Morgan fingerprint density at radius 1 is 1.11 bits per heavy atom. The van der Waals surface area contributed by atoms with Crippen LogP contribution in [0.15, 0.2) is 0 Å². The molecule has 1 heterocycles. The van der Waals surface area contributed by atoms with E-state index in [9.17, 15) is 0 Å². The van der Waals surface area contributed by atoms with Crippen molar-refractivity contribution in [2.75, 3.05) is 30.4 Å². The highest BCUT2D eigenvalue weighted by Crippen LogP contribution is 2.23. The molecular formula is C14H26N4. The predicted molar refractivity (Wildman–Crippen MR) is 78.5 cm³/mol. The molecule has 18 heavy (non-hydrogen) atoms. The van der Waals surface area contributed by atoms with Gasteiger partial charge in [-0.2, -0.15) is 0 Å². The lowest BCUT2D eigenvalue weighted by Crippen LogP contribution is -2.22. The van der Waals surface area contributed by atoms with Crippen LogP contribution in [0.4, 0.5) is 11.6 Å². The maximum absolute atomic E-state index is 4.70. The lowest BCUT2D eigenvalue weighted by Gasteiger charge is -2.22. The number of nitrogens with one attached hydrogen (secondary N) is 1. The first-order valence-electron chi connectivity index (χ1n) is 6.96. The number of hydrogen-bond acceptors (Lipinski definition) is 4. The normalized spacial score (nSPS) is 10.5. The van der Waals surface area contributed by atoms with E-state index in [0.717, 1.165) is 55.4 Å². The third kappa shape index (κ3) is 3.59. The minimum absolute atomic E-state index is 0.889. The minimum Gasteiger partial charge on any atom is -0.370 e. The van der Waals surface area contributed by atoms with Gasteiger partial charge in [0.05, 0.1) is 0 Å². The average molecular weight is 250 g/mol. The zero-order chi connectivity index (χ0) is 13.5. The molecule has 0 aliphatic rings. The summed E-state index contributed by atoms with van der Waals surface area (Å²) in [6, 6.07) is 0. The molecule has 0 spiro atoms. The second-order valence-corrected chi connectivity index (χ2v) is 4.64. The molecule has 4 nitrogen and oxygen atoms in total. The Balaban J connectivity index is 3.12. The van der Waals surface area contributed by atoms with Gasteiger partial charge in [-0.25, -0.2) is 9.97 Å². The van der Waals surface area contributed by atoms with E-state index in [1.165, 1.54) is 0 Å². The van der Waals surface area contributed by atoms with Gasteiger partial charge in [-0.05, 0) is 26.7 Å². The third-order valence-electron chi connectivity index (χ3n) is 2.90. The van der Waals surface area contributed by atoms with Crippen LogP contribution in [-0.2, 0) is 6.42 Å². The van der Waals surface area contributed by atoms with Crippen LogP contribution in [0.25, 0.3) is 0 Å². The van der Waals surface area contributed by atoms with E-state index >= 15 is 0 Å². The summed E-state index contributed by atoms with van der Waals surface area (Å²) in [4.78, 5) is 11.5. The van der Waals surface area contributed by atoms with Gasteiger partial charge >= 0.3 is 0 Å². The molecule has 1 N–H and O–H groups in total. The Kier molecular flexibility index (Phi) is 5.89. The van der Waals surface area contributed by atoms with Crippen LogP contribution >= 0.6 is 0 Å². The Labute approximate surface area is 111 Å². The number of rotatable bonds is 7. The average Bonchev–Trinajstić information content (AvgIpc) is 2.34. The Morgan fingerprint density at radius 3 is 2.39 bits per heavy atom. The van der Waals surface area contributed by atoms with Gasteiger partial charge in [0.15, 0.2) is 0 Å². The zero-order valence-electron chi connectivity index (χ0n) is 12.4. The van der Waals surface area contributed by atoms with Crippen LogP contribution in [0, 0.1) is 6.92 Å². The monoisotopic (exact) mass is 250 g/mol. The molecule has 0 amide bonds. The quantitative estimate of drug-likeness (QED) is 0.807. The summed E-state index contributed by atoms with van der Waals surface area (Å²) in [6.07, 6.45) is 3.14. The summed E-state index contributed by atoms with van der Waals surface area (Å²) in [5.41, 5.74) is 1.15. The molecule has 0 aliphatic heterocycles. The first-order valence-corrected chi connectivity index (χ1v) is 6.96. The van der Waals surface area contributed by atoms with E-state index in [2.05, 4.69) is 49.9 Å². The first-order chi connectivity index (χ1) is 8.63. The number of hydrogen-bond donors (Lipinski definition) is 1. The van der Waals surface area contributed by atoms with Crippen molar-refractivity contribution in [2.24, 2.45) is 0 Å². The molecule has 0 aromatic carbocycles. The summed E-state index contributed by atoms with van der Waals surface area (Å²) >= 11 is 0. The molecule has 102 valence electrons. The van der Waals surface area contributed by atoms with Gasteiger partial charge in [0.2, 0.25) is 0 Å². The molecule has 0 radical (unpaired) electrons. The SMILES string of the molecule is CCCc1nc(NCC)c(C)c(N(C)CCC)n1. The van der Waals surface area contributed by atoms with Crippen molar-refractivity contribution in [1.29, 1.82) is 0 Å².